The third kappa shape index (κ3) is 3.96. The van der Waals surface area contributed by atoms with E-state index < -0.39 is 0 Å². The van der Waals surface area contributed by atoms with Crippen molar-refractivity contribution < 1.29 is 5.11 Å². The van der Waals surface area contributed by atoms with E-state index in [9.17, 15) is 5.11 Å². The van der Waals surface area contributed by atoms with E-state index in [4.69, 9.17) is 0 Å². The van der Waals surface area contributed by atoms with Crippen LogP contribution in [0.15, 0.2) is 28.7 Å². The van der Waals surface area contributed by atoms with Gasteiger partial charge in [0.25, 0.3) is 0 Å². The van der Waals surface area contributed by atoms with Crippen LogP contribution in [0.2, 0.25) is 0 Å². The van der Waals surface area contributed by atoms with Crippen LogP contribution >= 0.6 is 15.9 Å². The van der Waals surface area contributed by atoms with E-state index in [1.807, 2.05) is 12.1 Å². The Labute approximate surface area is 99.6 Å². The van der Waals surface area contributed by atoms with Gasteiger partial charge in [-0.2, -0.15) is 0 Å². The summed E-state index contributed by atoms with van der Waals surface area (Å²) in [5.41, 5.74) is 1.22. The van der Waals surface area contributed by atoms with Gasteiger partial charge in [-0.15, -0.1) is 0 Å². The van der Waals surface area contributed by atoms with Gasteiger partial charge < -0.3 is 5.11 Å². The van der Waals surface area contributed by atoms with Crippen molar-refractivity contribution >= 4 is 15.9 Å². The second-order valence-corrected chi connectivity index (χ2v) is 5.42. The van der Waals surface area contributed by atoms with Crippen molar-refractivity contribution in [1.82, 2.24) is 0 Å². The molecule has 1 aliphatic rings. The van der Waals surface area contributed by atoms with E-state index in [0.717, 1.165) is 23.2 Å². The minimum Gasteiger partial charge on any atom is -0.393 e. The molecule has 0 bridgehead atoms. The average molecular weight is 269 g/mol. The maximum atomic E-state index is 9.85. The molecule has 0 aliphatic heterocycles. The number of hydrogen-bond donors (Lipinski definition) is 1. The fourth-order valence-corrected chi connectivity index (χ4v) is 2.32. The van der Waals surface area contributed by atoms with E-state index in [2.05, 4.69) is 28.1 Å². The third-order valence-corrected chi connectivity index (χ3v) is 3.46. The van der Waals surface area contributed by atoms with Crippen LogP contribution in [0.25, 0.3) is 0 Å². The number of aliphatic hydroxyl groups is 1. The van der Waals surface area contributed by atoms with Crippen molar-refractivity contribution in [2.45, 2.75) is 38.2 Å². The lowest BCUT2D eigenvalue weighted by Crippen LogP contribution is -2.10. The van der Waals surface area contributed by atoms with E-state index in [1.54, 1.807) is 0 Å². The first kappa shape index (κ1) is 11.2. The molecule has 0 radical (unpaired) electrons. The van der Waals surface area contributed by atoms with E-state index in [-0.39, 0.29) is 6.10 Å². The molecule has 0 aromatic heterocycles. The minimum absolute atomic E-state index is 0.167. The first-order chi connectivity index (χ1) is 7.24. The molecular weight excluding hydrogens is 252 g/mol. The van der Waals surface area contributed by atoms with Crippen LogP contribution in [0, 0.1) is 5.92 Å². The fraction of sp³-hybridized carbons (Fsp3) is 0.538. The highest BCUT2D eigenvalue weighted by atomic mass is 79.9. The molecule has 0 spiro atoms. The van der Waals surface area contributed by atoms with Crippen LogP contribution in [-0.2, 0) is 6.42 Å². The number of aliphatic hydroxyl groups excluding tert-OH is 1. The van der Waals surface area contributed by atoms with Gasteiger partial charge in [0.15, 0.2) is 0 Å². The lowest BCUT2D eigenvalue weighted by atomic mass is 10.0. The average Bonchev–Trinajstić information content (AvgIpc) is 2.98. The molecule has 1 aliphatic carbocycles. The van der Waals surface area contributed by atoms with Gasteiger partial charge in [0.1, 0.15) is 0 Å². The van der Waals surface area contributed by atoms with Gasteiger partial charge in [0, 0.05) is 4.47 Å². The maximum absolute atomic E-state index is 9.85. The minimum atomic E-state index is -0.167. The molecule has 0 amide bonds. The van der Waals surface area contributed by atoms with Crippen LogP contribution in [0.5, 0.6) is 0 Å². The second-order valence-electron chi connectivity index (χ2n) is 4.51. The smallest absolute Gasteiger partial charge is 0.0580 e. The van der Waals surface area contributed by atoms with Crippen molar-refractivity contribution in [2.75, 3.05) is 0 Å². The zero-order chi connectivity index (χ0) is 10.7. The molecule has 0 heterocycles. The summed E-state index contributed by atoms with van der Waals surface area (Å²) in [6.07, 6.45) is 5.53. The summed E-state index contributed by atoms with van der Waals surface area (Å²) in [4.78, 5) is 0. The largest absolute Gasteiger partial charge is 0.393 e. The molecule has 0 saturated heterocycles. The summed E-state index contributed by atoms with van der Waals surface area (Å²) >= 11 is 3.44. The highest BCUT2D eigenvalue weighted by Crippen LogP contribution is 2.34. The Morgan fingerprint density at radius 2 is 2.20 bits per heavy atom. The Kier molecular flexibility index (Phi) is 3.81. The summed E-state index contributed by atoms with van der Waals surface area (Å²) < 4.78 is 1.09. The summed E-state index contributed by atoms with van der Waals surface area (Å²) in [6, 6.07) is 8.19. The highest BCUT2D eigenvalue weighted by Gasteiger charge is 2.21. The van der Waals surface area contributed by atoms with Crippen molar-refractivity contribution in [3.8, 4) is 0 Å². The molecule has 1 N–H and O–H groups in total. The zero-order valence-electron chi connectivity index (χ0n) is 8.82. The van der Waals surface area contributed by atoms with Gasteiger partial charge in [0.05, 0.1) is 6.10 Å². The molecule has 82 valence electrons. The molecule has 2 heteroatoms. The molecule has 1 fully saturated rings. The van der Waals surface area contributed by atoms with Gasteiger partial charge in [-0.3, -0.25) is 0 Å². The lowest BCUT2D eigenvalue weighted by molar-refractivity contribution is 0.160. The first-order valence-electron chi connectivity index (χ1n) is 5.66. The third-order valence-electron chi connectivity index (χ3n) is 2.97. The molecular formula is C13H17BrO. The van der Waals surface area contributed by atoms with E-state index in [0.29, 0.717) is 0 Å². The maximum Gasteiger partial charge on any atom is 0.0580 e. The van der Waals surface area contributed by atoms with Gasteiger partial charge in [-0.25, -0.2) is 0 Å². The predicted molar refractivity (Wildman–Crippen MR) is 65.8 cm³/mol. The number of hydrogen-bond acceptors (Lipinski definition) is 1. The Bertz CT molecular complexity index is 320. The molecule has 1 unspecified atom stereocenters. The normalized spacial score (nSPS) is 17.7. The molecule has 15 heavy (non-hydrogen) atoms. The highest BCUT2D eigenvalue weighted by molar-refractivity contribution is 9.10. The van der Waals surface area contributed by atoms with Crippen LogP contribution < -0.4 is 0 Å². The summed E-state index contributed by atoms with van der Waals surface area (Å²) in [7, 11) is 0. The molecule has 1 nitrogen and oxygen atoms in total. The summed E-state index contributed by atoms with van der Waals surface area (Å²) in [5.74, 6) is 0.919. The predicted octanol–water partition coefficient (Wildman–Crippen LogP) is 3.54. The molecule has 1 aromatic carbocycles. The number of halogens is 1. The van der Waals surface area contributed by atoms with E-state index >= 15 is 0 Å². The number of rotatable bonds is 5. The van der Waals surface area contributed by atoms with Crippen LogP contribution in [0.3, 0.4) is 0 Å². The standard InChI is InChI=1S/C13H17BrO/c14-12-3-1-2-11(8-12)9-13(15)7-6-10-4-5-10/h1-3,8,10,13,15H,4-7,9H2. The Balaban J connectivity index is 1.79. The van der Waals surface area contributed by atoms with Crippen molar-refractivity contribution in [1.29, 1.82) is 0 Å². The molecule has 2 rings (SSSR count). The SMILES string of the molecule is OC(CCC1CC1)Cc1cccc(Br)c1. The lowest BCUT2D eigenvalue weighted by Gasteiger charge is -2.10. The zero-order valence-corrected chi connectivity index (χ0v) is 10.4. The van der Waals surface area contributed by atoms with Crippen molar-refractivity contribution in [3.63, 3.8) is 0 Å². The first-order valence-corrected chi connectivity index (χ1v) is 6.46. The number of benzene rings is 1. The Morgan fingerprint density at radius 1 is 1.40 bits per heavy atom. The second kappa shape index (κ2) is 5.13. The molecule has 1 atom stereocenters. The summed E-state index contributed by atoms with van der Waals surface area (Å²) in [6.45, 7) is 0. The molecule has 1 saturated carbocycles. The summed E-state index contributed by atoms with van der Waals surface area (Å²) in [5, 5.41) is 9.85. The van der Waals surface area contributed by atoms with Gasteiger partial charge in [-0.05, 0) is 42.9 Å². The fourth-order valence-electron chi connectivity index (χ4n) is 1.87. The van der Waals surface area contributed by atoms with Crippen molar-refractivity contribution in [2.24, 2.45) is 5.92 Å². The van der Waals surface area contributed by atoms with Crippen molar-refractivity contribution in [3.05, 3.63) is 34.3 Å². The van der Waals surface area contributed by atoms with Crippen LogP contribution in [-0.4, -0.2) is 11.2 Å². The van der Waals surface area contributed by atoms with E-state index in [1.165, 1.54) is 24.8 Å². The van der Waals surface area contributed by atoms with Crippen LogP contribution in [0.1, 0.15) is 31.2 Å². The van der Waals surface area contributed by atoms with Crippen LogP contribution in [0.4, 0.5) is 0 Å². The molecule has 1 aromatic rings. The monoisotopic (exact) mass is 268 g/mol. The quantitative estimate of drug-likeness (QED) is 0.866. The van der Waals surface area contributed by atoms with Gasteiger partial charge >= 0.3 is 0 Å². The Morgan fingerprint density at radius 3 is 2.87 bits per heavy atom. The van der Waals surface area contributed by atoms with Gasteiger partial charge in [-0.1, -0.05) is 40.9 Å². The topological polar surface area (TPSA) is 20.2 Å². The van der Waals surface area contributed by atoms with Gasteiger partial charge in [0.2, 0.25) is 0 Å². The Hall–Kier alpha value is -0.340.